The van der Waals surface area contributed by atoms with Gasteiger partial charge in [0.25, 0.3) is 0 Å². The maximum Gasteiger partial charge on any atom is 0.225 e. The summed E-state index contributed by atoms with van der Waals surface area (Å²) in [5.41, 5.74) is 0.479. The molecule has 150 valence electrons. The van der Waals surface area contributed by atoms with Crippen LogP contribution in [0.4, 0.5) is 14.7 Å². The molecule has 0 amide bonds. The van der Waals surface area contributed by atoms with E-state index in [9.17, 15) is 8.78 Å². The van der Waals surface area contributed by atoms with Crippen LogP contribution in [-0.4, -0.2) is 60.1 Å². The summed E-state index contributed by atoms with van der Waals surface area (Å²) in [6.07, 6.45) is 3.49. The van der Waals surface area contributed by atoms with Gasteiger partial charge < -0.3 is 15.1 Å². The topological polar surface area (TPSA) is 56.7 Å². The van der Waals surface area contributed by atoms with Crippen LogP contribution in [0, 0.1) is 11.6 Å². The van der Waals surface area contributed by atoms with E-state index in [0.717, 1.165) is 50.7 Å². The molecule has 28 heavy (non-hydrogen) atoms. The van der Waals surface area contributed by atoms with E-state index >= 15 is 0 Å². The number of hydrogen-bond acceptors (Lipinski definition) is 4. The molecule has 0 bridgehead atoms. The van der Waals surface area contributed by atoms with Crippen molar-refractivity contribution in [1.29, 1.82) is 0 Å². The molecule has 1 aliphatic heterocycles. The molecule has 2 aromatic rings. The van der Waals surface area contributed by atoms with Gasteiger partial charge in [0.15, 0.2) is 5.96 Å². The van der Waals surface area contributed by atoms with Gasteiger partial charge in [0.05, 0.1) is 0 Å². The number of anilines is 1. The summed E-state index contributed by atoms with van der Waals surface area (Å²) >= 11 is 0. The quantitative estimate of drug-likeness (QED) is 0.630. The molecule has 8 heteroatoms. The van der Waals surface area contributed by atoms with Gasteiger partial charge in [-0.1, -0.05) is 13.0 Å². The number of aromatic nitrogens is 2. The van der Waals surface area contributed by atoms with Crippen molar-refractivity contribution < 1.29 is 8.78 Å². The summed E-state index contributed by atoms with van der Waals surface area (Å²) < 4.78 is 27.1. The van der Waals surface area contributed by atoms with Crippen molar-refractivity contribution in [3.05, 3.63) is 53.9 Å². The zero-order valence-electron chi connectivity index (χ0n) is 16.3. The van der Waals surface area contributed by atoms with Crippen molar-refractivity contribution in [1.82, 2.24) is 20.2 Å². The highest BCUT2D eigenvalue weighted by molar-refractivity contribution is 5.80. The van der Waals surface area contributed by atoms with Crippen molar-refractivity contribution >= 4 is 11.9 Å². The summed E-state index contributed by atoms with van der Waals surface area (Å²) in [6, 6.07) is 5.51. The van der Waals surface area contributed by atoms with Crippen molar-refractivity contribution in [3.63, 3.8) is 0 Å². The summed E-state index contributed by atoms with van der Waals surface area (Å²) in [5.74, 6) is 0.318. The summed E-state index contributed by atoms with van der Waals surface area (Å²) in [6.45, 7) is 8.29. The molecule has 0 spiro atoms. The first-order valence-corrected chi connectivity index (χ1v) is 9.58. The van der Waals surface area contributed by atoms with Crippen LogP contribution in [-0.2, 0) is 0 Å². The van der Waals surface area contributed by atoms with Crippen LogP contribution >= 0.6 is 0 Å². The Hall–Kier alpha value is -2.77. The lowest BCUT2D eigenvalue weighted by Gasteiger charge is -2.36. The molecule has 2 heterocycles. The number of aliphatic imine (C=N–C) groups is 1. The average Bonchev–Trinajstić information content (AvgIpc) is 2.72. The first kappa shape index (κ1) is 20.0. The van der Waals surface area contributed by atoms with Crippen molar-refractivity contribution in [2.45, 2.75) is 19.8 Å². The third kappa shape index (κ3) is 4.94. The fourth-order valence-electron chi connectivity index (χ4n) is 3.22. The first-order chi connectivity index (χ1) is 13.6. The summed E-state index contributed by atoms with van der Waals surface area (Å²) in [7, 11) is 0. The minimum absolute atomic E-state index is 0.145. The fourth-order valence-corrected chi connectivity index (χ4v) is 3.22. The summed E-state index contributed by atoms with van der Waals surface area (Å²) in [4.78, 5) is 17.6. The van der Waals surface area contributed by atoms with E-state index in [-0.39, 0.29) is 5.92 Å². The van der Waals surface area contributed by atoms with Gasteiger partial charge in [-0.3, -0.25) is 4.99 Å². The van der Waals surface area contributed by atoms with Crippen LogP contribution < -0.4 is 10.2 Å². The average molecular weight is 388 g/mol. The zero-order chi connectivity index (χ0) is 19.9. The molecule has 1 saturated heterocycles. The molecule has 1 fully saturated rings. The van der Waals surface area contributed by atoms with E-state index < -0.39 is 11.6 Å². The van der Waals surface area contributed by atoms with E-state index in [1.807, 2.05) is 13.8 Å². The van der Waals surface area contributed by atoms with Crippen molar-refractivity contribution in [2.24, 2.45) is 4.99 Å². The lowest BCUT2D eigenvalue weighted by atomic mass is 10.0. The second kappa shape index (κ2) is 9.43. The van der Waals surface area contributed by atoms with Gasteiger partial charge in [-0.25, -0.2) is 18.7 Å². The largest absolute Gasteiger partial charge is 0.357 e. The fraction of sp³-hybridized carbons (Fsp3) is 0.450. The highest BCUT2D eigenvalue weighted by Gasteiger charge is 2.21. The molecule has 6 nitrogen and oxygen atoms in total. The van der Waals surface area contributed by atoms with E-state index in [4.69, 9.17) is 4.99 Å². The Balaban J connectivity index is 1.63. The molecule has 1 N–H and O–H groups in total. The van der Waals surface area contributed by atoms with Crippen molar-refractivity contribution in [2.75, 3.05) is 44.2 Å². The Kier molecular flexibility index (Phi) is 6.73. The van der Waals surface area contributed by atoms with Crippen LogP contribution in [0.15, 0.2) is 41.7 Å². The van der Waals surface area contributed by atoms with Gasteiger partial charge in [0.1, 0.15) is 11.6 Å². The number of guanidine groups is 1. The van der Waals surface area contributed by atoms with E-state index in [1.54, 1.807) is 18.5 Å². The standard InChI is InChI=1S/C20H26F2N6/c1-3-23-19(26-14-15(2)17-6-5-16(21)13-18(17)22)27-9-11-28(12-10-27)20-24-7-4-8-25-20/h4-8,13,15H,3,9-12,14H2,1-2H3,(H,23,26). The smallest absolute Gasteiger partial charge is 0.225 e. The Morgan fingerprint density at radius 2 is 1.89 bits per heavy atom. The first-order valence-electron chi connectivity index (χ1n) is 9.58. The molecular weight excluding hydrogens is 362 g/mol. The van der Waals surface area contributed by atoms with Crippen LogP contribution in [0.2, 0.25) is 0 Å². The third-order valence-electron chi connectivity index (χ3n) is 4.76. The van der Waals surface area contributed by atoms with Crippen LogP contribution in [0.3, 0.4) is 0 Å². The lowest BCUT2D eigenvalue weighted by molar-refractivity contribution is 0.369. The molecule has 1 unspecified atom stereocenters. The molecule has 1 aromatic heterocycles. The number of piperazine rings is 1. The lowest BCUT2D eigenvalue weighted by Crippen LogP contribution is -2.53. The molecule has 1 aromatic carbocycles. The minimum Gasteiger partial charge on any atom is -0.357 e. The number of nitrogens with one attached hydrogen (secondary N) is 1. The van der Waals surface area contributed by atoms with Gasteiger partial charge in [-0.2, -0.15) is 0 Å². The van der Waals surface area contributed by atoms with Gasteiger partial charge in [0.2, 0.25) is 5.95 Å². The predicted octanol–water partition coefficient (Wildman–Crippen LogP) is 2.65. The highest BCUT2D eigenvalue weighted by atomic mass is 19.1. The maximum atomic E-state index is 14.0. The second-order valence-electron chi connectivity index (χ2n) is 6.78. The van der Waals surface area contributed by atoms with Crippen molar-refractivity contribution in [3.8, 4) is 0 Å². The van der Waals surface area contributed by atoms with E-state index in [2.05, 4.69) is 25.1 Å². The Bertz CT molecular complexity index is 791. The second-order valence-corrected chi connectivity index (χ2v) is 6.78. The zero-order valence-corrected chi connectivity index (χ0v) is 16.3. The summed E-state index contributed by atoms with van der Waals surface area (Å²) in [5, 5.41) is 3.31. The number of rotatable bonds is 5. The monoisotopic (exact) mass is 388 g/mol. The van der Waals surface area contributed by atoms with Gasteiger partial charge >= 0.3 is 0 Å². The van der Waals surface area contributed by atoms with Crippen LogP contribution in [0.25, 0.3) is 0 Å². The number of nitrogens with zero attached hydrogens (tertiary/aromatic N) is 5. The molecule has 0 radical (unpaired) electrons. The van der Waals surface area contributed by atoms with E-state index in [1.165, 1.54) is 12.1 Å². The molecule has 0 aliphatic carbocycles. The van der Waals surface area contributed by atoms with E-state index in [0.29, 0.717) is 12.1 Å². The highest BCUT2D eigenvalue weighted by Crippen LogP contribution is 2.20. The Morgan fingerprint density at radius 3 is 2.54 bits per heavy atom. The molecule has 1 aliphatic rings. The Labute approximate surface area is 164 Å². The van der Waals surface area contributed by atoms with Gasteiger partial charge in [-0.05, 0) is 24.6 Å². The Morgan fingerprint density at radius 1 is 1.18 bits per heavy atom. The predicted molar refractivity (Wildman–Crippen MR) is 107 cm³/mol. The third-order valence-corrected chi connectivity index (χ3v) is 4.76. The SMILES string of the molecule is CCNC(=NCC(C)c1ccc(F)cc1F)N1CCN(c2ncccn2)CC1. The van der Waals surface area contributed by atoms with Crippen LogP contribution in [0.1, 0.15) is 25.3 Å². The number of hydrogen-bond donors (Lipinski definition) is 1. The van der Waals surface area contributed by atoms with Gasteiger partial charge in [-0.15, -0.1) is 0 Å². The number of halogens is 2. The molecule has 3 rings (SSSR count). The van der Waals surface area contributed by atoms with Gasteiger partial charge in [0, 0.05) is 63.6 Å². The molecular formula is C20H26F2N6. The molecule has 1 atom stereocenters. The molecule has 0 saturated carbocycles. The maximum absolute atomic E-state index is 14.0. The van der Waals surface area contributed by atoms with Crippen LogP contribution in [0.5, 0.6) is 0 Å². The normalized spacial score (nSPS) is 16.2. The number of benzene rings is 1. The minimum atomic E-state index is -0.564.